The quantitative estimate of drug-likeness (QED) is 0.383. The van der Waals surface area contributed by atoms with E-state index in [9.17, 15) is 4.79 Å². The first-order valence-corrected chi connectivity index (χ1v) is 9.28. The fourth-order valence-electron chi connectivity index (χ4n) is 2.82. The molecule has 29 heavy (non-hydrogen) atoms. The standard InChI is InChI=1S/C20H18ClN7O/c1-12(29)22-10-13-5-7-15(8-6-13)25-20-17-18(23-11-24-19(17)27-28-20)26-16-4-2-3-14(21)9-16/h2-9,11H,10H2,1H3,(H,22,29)(H3,23,24,25,26,27,28). The van der Waals surface area contributed by atoms with Crippen LogP contribution in [0.2, 0.25) is 5.02 Å². The summed E-state index contributed by atoms with van der Waals surface area (Å²) in [5.74, 6) is 1.14. The molecule has 0 unspecified atom stereocenters. The van der Waals surface area contributed by atoms with Crippen LogP contribution in [0, 0.1) is 0 Å². The number of fused-ring (bicyclic) bond motifs is 1. The number of nitrogens with zero attached hydrogens (tertiary/aromatic N) is 3. The van der Waals surface area contributed by atoms with Gasteiger partial charge in [0.1, 0.15) is 17.5 Å². The van der Waals surface area contributed by atoms with Gasteiger partial charge < -0.3 is 16.0 Å². The summed E-state index contributed by atoms with van der Waals surface area (Å²) in [6, 6.07) is 15.1. The Hall–Kier alpha value is -3.65. The van der Waals surface area contributed by atoms with Crippen molar-refractivity contribution >= 4 is 51.6 Å². The van der Waals surface area contributed by atoms with E-state index < -0.39 is 0 Å². The number of rotatable bonds is 6. The maximum atomic E-state index is 11.0. The second kappa shape index (κ2) is 8.15. The number of benzene rings is 2. The summed E-state index contributed by atoms with van der Waals surface area (Å²) in [6.07, 6.45) is 1.47. The number of anilines is 4. The summed E-state index contributed by atoms with van der Waals surface area (Å²) < 4.78 is 0. The van der Waals surface area contributed by atoms with Gasteiger partial charge in [0.05, 0.1) is 0 Å². The number of hydrogen-bond donors (Lipinski definition) is 4. The molecule has 0 atom stereocenters. The maximum Gasteiger partial charge on any atom is 0.217 e. The summed E-state index contributed by atoms with van der Waals surface area (Å²) in [6.45, 7) is 1.98. The molecule has 2 heterocycles. The number of nitrogens with one attached hydrogen (secondary N) is 4. The molecule has 0 aliphatic carbocycles. The summed E-state index contributed by atoms with van der Waals surface area (Å²) in [4.78, 5) is 19.6. The fraction of sp³-hybridized carbons (Fsp3) is 0.100. The predicted octanol–water partition coefficient (Wildman–Crippen LogP) is 4.13. The van der Waals surface area contributed by atoms with Crippen molar-refractivity contribution in [2.24, 2.45) is 0 Å². The molecule has 0 saturated carbocycles. The lowest BCUT2D eigenvalue weighted by Crippen LogP contribution is -2.18. The Bertz CT molecular complexity index is 1160. The number of hydrogen-bond acceptors (Lipinski definition) is 6. The molecule has 1 amide bonds. The highest BCUT2D eigenvalue weighted by molar-refractivity contribution is 6.30. The van der Waals surface area contributed by atoms with Crippen LogP contribution < -0.4 is 16.0 Å². The normalized spacial score (nSPS) is 10.7. The minimum Gasteiger partial charge on any atom is -0.352 e. The van der Waals surface area contributed by atoms with Gasteiger partial charge in [0, 0.05) is 29.9 Å². The Kier molecular flexibility index (Phi) is 5.26. The van der Waals surface area contributed by atoms with Gasteiger partial charge in [-0.1, -0.05) is 29.8 Å². The zero-order chi connectivity index (χ0) is 20.2. The lowest BCUT2D eigenvalue weighted by Gasteiger charge is -2.09. The smallest absolute Gasteiger partial charge is 0.217 e. The Labute approximate surface area is 171 Å². The monoisotopic (exact) mass is 407 g/mol. The van der Waals surface area contributed by atoms with E-state index >= 15 is 0 Å². The second-order valence-electron chi connectivity index (χ2n) is 6.39. The van der Waals surface area contributed by atoms with Crippen LogP contribution in [-0.2, 0) is 11.3 Å². The summed E-state index contributed by atoms with van der Waals surface area (Å²) >= 11 is 6.07. The number of aromatic amines is 1. The highest BCUT2D eigenvalue weighted by Gasteiger charge is 2.13. The minimum absolute atomic E-state index is 0.0603. The Morgan fingerprint density at radius 1 is 1.03 bits per heavy atom. The third kappa shape index (κ3) is 4.44. The minimum atomic E-state index is -0.0603. The van der Waals surface area contributed by atoms with E-state index in [0.29, 0.717) is 28.9 Å². The third-order valence-electron chi connectivity index (χ3n) is 4.20. The average Bonchev–Trinajstić information content (AvgIpc) is 3.11. The topological polar surface area (TPSA) is 108 Å². The molecule has 0 aliphatic rings. The zero-order valence-electron chi connectivity index (χ0n) is 15.5. The molecule has 2 aromatic carbocycles. The van der Waals surface area contributed by atoms with Crippen molar-refractivity contribution in [1.82, 2.24) is 25.5 Å². The molecule has 146 valence electrons. The summed E-state index contributed by atoms with van der Waals surface area (Å²) in [5.41, 5.74) is 3.27. The van der Waals surface area contributed by atoms with Gasteiger partial charge in [-0.15, -0.1) is 0 Å². The predicted molar refractivity (Wildman–Crippen MR) is 114 cm³/mol. The second-order valence-corrected chi connectivity index (χ2v) is 6.82. The first-order valence-electron chi connectivity index (χ1n) is 8.90. The van der Waals surface area contributed by atoms with E-state index in [4.69, 9.17) is 11.6 Å². The zero-order valence-corrected chi connectivity index (χ0v) is 16.3. The number of H-pyrrole nitrogens is 1. The van der Waals surface area contributed by atoms with Crippen LogP contribution in [0.4, 0.5) is 23.0 Å². The molecule has 4 aromatic rings. The van der Waals surface area contributed by atoms with Crippen LogP contribution >= 0.6 is 11.6 Å². The van der Waals surface area contributed by atoms with E-state index in [1.807, 2.05) is 48.5 Å². The summed E-state index contributed by atoms with van der Waals surface area (Å²) in [5, 5.41) is 17.9. The Morgan fingerprint density at radius 2 is 1.83 bits per heavy atom. The van der Waals surface area contributed by atoms with Crippen molar-refractivity contribution in [2.75, 3.05) is 10.6 Å². The van der Waals surface area contributed by atoms with Gasteiger partial charge in [-0.05, 0) is 35.9 Å². The van der Waals surface area contributed by atoms with Crippen LogP contribution in [0.25, 0.3) is 11.0 Å². The van der Waals surface area contributed by atoms with E-state index in [2.05, 4.69) is 36.1 Å². The number of carbonyl (C=O) groups excluding carboxylic acids is 1. The van der Waals surface area contributed by atoms with Gasteiger partial charge in [-0.25, -0.2) is 9.97 Å². The SMILES string of the molecule is CC(=O)NCc1ccc(Nc2n[nH]c3ncnc(Nc4cccc(Cl)c4)c23)cc1. The molecule has 0 spiro atoms. The van der Waals surface area contributed by atoms with Crippen molar-refractivity contribution in [3.63, 3.8) is 0 Å². The van der Waals surface area contributed by atoms with Crippen LogP contribution in [0.1, 0.15) is 12.5 Å². The molecule has 0 saturated heterocycles. The molecule has 2 aromatic heterocycles. The molecule has 0 aliphatic heterocycles. The van der Waals surface area contributed by atoms with Crippen LogP contribution in [0.5, 0.6) is 0 Å². The van der Waals surface area contributed by atoms with Crippen molar-refractivity contribution in [3.8, 4) is 0 Å². The first-order chi connectivity index (χ1) is 14.1. The molecule has 4 rings (SSSR count). The van der Waals surface area contributed by atoms with Gasteiger partial charge in [0.15, 0.2) is 11.5 Å². The molecule has 9 heteroatoms. The highest BCUT2D eigenvalue weighted by Crippen LogP contribution is 2.30. The Morgan fingerprint density at radius 3 is 2.59 bits per heavy atom. The molecule has 0 bridgehead atoms. The van der Waals surface area contributed by atoms with Gasteiger partial charge in [-0.3, -0.25) is 9.89 Å². The van der Waals surface area contributed by atoms with E-state index in [-0.39, 0.29) is 5.91 Å². The Balaban J connectivity index is 1.59. The average molecular weight is 408 g/mol. The first kappa shape index (κ1) is 18.7. The lowest BCUT2D eigenvalue weighted by atomic mass is 10.2. The summed E-state index contributed by atoms with van der Waals surface area (Å²) in [7, 11) is 0. The van der Waals surface area contributed by atoms with Gasteiger partial charge in [0.25, 0.3) is 0 Å². The lowest BCUT2D eigenvalue weighted by molar-refractivity contribution is -0.119. The van der Waals surface area contributed by atoms with E-state index in [0.717, 1.165) is 22.3 Å². The van der Waals surface area contributed by atoms with Crippen LogP contribution in [0.3, 0.4) is 0 Å². The number of aromatic nitrogens is 4. The van der Waals surface area contributed by atoms with Crippen molar-refractivity contribution in [1.29, 1.82) is 0 Å². The molecular weight excluding hydrogens is 390 g/mol. The maximum absolute atomic E-state index is 11.0. The van der Waals surface area contributed by atoms with Crippen LogP contribution in [-0.4, -0.2) is 26.1 Å². The van der Waals surface area contributed by atoms with E-state index in [1.165, 1.54) is 13.3 Å². The van der Waals surface area contributed by atoms with Crippen molar-refractivity contribution in [3.05, 3.63) is 65.4 Å². The highest BCUT2D eigenvalue weighted by atomic mass is 35.5. The molecule has 4 N–H and O–H groups in total. The number of carbonyl (C=O) groups is 1. The van der Waals surface area contributed by atoms with Gasteiger partial charge in [-0.2, -0.15) is 5.10 Å². The molecular formula is C20H18ClN7O. The largest absolute Gasteiger partial charge is 0.352 e. The third-order valence-corrected chi connectivity index (χ3v) is 4.44. The van der Waals surface area contributed by atoms with Crippen molar-refractivity contribution < 1.29 is 4.79 Å². The van der Waals surface area contributed by atoms with Gasteiger partial charge in [0.2, 0.25) is 5.91 Å². The molecule has 0 radical (unpaired) electrons. The fourth-order valence-corrected chi connectivity index (χ4v) is 3.01. The van der Waals surface area contributed by atoms with Crippen LogP contribution in [0.15, 0.2) is 54.9 Å². The van der Waals surface area contributed by atoms with E-state index in [1.54, 1.807) is 0 Å². The van der Waals surface area contributed by atoms with Crippen molar-refractivity contribution in [2.45, 2.75) is 13.5 Å². The molecule has 0 fully saturated rings. The van der Waals surface area contributed by atoms with Gasteiger partial charge >= 0.3 is 0 Å². The number of halogens is 1. The molecule has 8 nitrogen and oxygen atoms in total. The number of amides is 1.